The Labute approximate surface area is 47.2 Å². The fraction of sp³-hybridized carbons (Fsp3) is 0.333. The van der Waals surface area contributed by atoms with Crippen molar-refractivity contribution < 1.29 is 9.59 Å². The second-order valence-corrected chi connectivity index (χ2v) is 1.95. The van der Waals surface area contributed by atoms with Gasteiger partial charge >= 0.3 is 0 Å². The van der Waals surface area contributed by atoms with E-state index >= 15 is 0 Å². The molecule has 1 aliphatic carbocycles. The molecule has 0 unspecified atom stereocenters. The molecule has 0 aromatic carbocycles. The Morgan fingerprint density at radius 1 is 1.50 bits per heavy atom. The van der Waals surface area contributed by atoms with E-state index < -0.39 is 0 Å². The van der Waals surface area contributed by atoms with Gasteiger partial charge in [0.05, 0.1) is 0 Å². The third kappa shape index (κ3) is 0.689. The minimum absolute atomic E-state index is 0.275. The van der Waals surface area contributed by atoms with Crippen LogP contribution >= 0.6 is 0 Å². The zero-order valence-corrected chi connectivity index (χ0v) is 4.60. The molecule has 8 heavy (non-hydrogen) atoms. The third-order valence-corrected chi connectivity index (χ3v) is 1.09. The standard InChI is InChI=1S/C6H6O2/c1-4-2-5(7)6(8)3-4/h2H,3H2,1H3. The second-order valence-electron chi connectivity index (χ2n) is 1.95. The fourth-order valence-corrected chi connectivity index (χ4v) is 0.696. The molecule has 0 bridgehead atoms. The Morgan fingerprint density at radius 3 is 2.25 bits per heavy atom. The molecule has 0 saturated heterocycles. The Kier molecular flexibility index (Phi) is 1.01. The van der Waals surface area contributed by atoms with Crippen LogP contribution in [0.25, 0.3) is 0 Å². The van der Waals surface area contributed by atoms with Gasteiger partial charge in [-0.15, -0.1) is 0 Å². The summed E-state index contributed by atoms with van der Waals surface area (Å²) in [4.78, 5) is 20.7. The minimum Gasteiger partial charge on any atom is -0.290 e. The lowest BCUT2D eigenvalue weighted by atomic mass is 10.2. The molecule has 0 saturated carbocycles. The van der Waals surface area contributed by atoms with E-state index in [0.29, 0.717) is 6.42 Å². The van der Waals surface area contributed by atoms with Crippen molar-refractivity contribution in [2.75, 3.05) is 0 Å². The summed E-state index contributed by atoms with van der Waals surface area (Å²) >= 11 is 0. The summed E-state index contributed by atoms with van der Waals surface area (Å²) in [5.74, 6) is -0.620. The van der Waals surface area contributed by atoms with E-state index in [1.807, 2.05) is 0 Å². The molecule has 0 heterocycles. The van der Waals surface area contributed by atoms with E-state index in [-0.39, 0.29) is 11.6 Å². The first-order chi connectivity index (χ1) is 3.70. The number of carbonyl (C=O) groups is 2. The normalized spacial score (nSPS) is 19.4. The largest absolute Gasteiger partial charge is 0.290 e. The van der Waals surface area contributed by atoms with Crippen molar-refractivity contribution >= 4 is 11.6 Å². The quantitative estimate of drug-likeness (QED) is 0.425. The van der Waals surface area contributed by atoms with Crippen LogP contribution in [0.3, 0.4) is 0 Å². The lowest BCUT2D eigenvalue weighted by Crippen LogP contribution is -2.02. The van der Waals surface area contributed by atoms with Crippen molar-refractivity contribution in [3.8, 4) is 0 Å². The Bertz CT molecular complexity index is 177. The summed E-state index contributed by atoms with van der Waals surface area (Å²) in [7, 11) is 0. The molecule has 0 atom stereocenters. The highest BCUT2D eigenvalue weighted by molar-refractivity contribution is 6.44. The number of hydrogen-bond donors (Lipinski definition) is 0. The summed E-state index contributed by atoms with van der Waals surface area (Å²) in [6.45, 7) is 1.78. The molecule has 0 aromatic rings. The maximum atomic E-state index is 10.4. The summed E-state index contributed by atoms with van der Waals surface area (Å²) in [5, 5.41) is 0. The van der Waals surface area contributed by atoms with Crippen molar-refractivity contribution in [3.63, 3.8) is 0 Å². The Morgan fingerprint density at radius 2 is 2.12 bits per heavy atom. The molecule has 0 radical (unpaired) electrons. The molecule has 0 spiro atoms. The lowest BCUT2D eigenvalue weighted by Gasteiger charge is -1.78. The van der Waals surface area contributed by atoms with Gasteiger partial charge in [-0.25, -0.2) is 0 Å². The summed E-state index contributed by atoms with van der Waals surface area (Å²) in [5.41, 5.74) is 0.875. The van der Waals surface area contributed by atoms with Crippen LogP contribution in [-0.2, 0) is 9.59 Å². The molecule has 42 valence electrons. The van der Waals surface area contributed by atoms with Gasteiger partial charge in [0.15, 0.2) is 0 Å². The Balaban J connectivity index is 2.85. The van der Waals surface area contributed by atoms with Gasteiger partial charge in [-0.1, -0.05) is 5.57 Å². The average molecular weight is 110 g/mol. The van der Waals surface area contributed by atoms with Crippen molar-refractivity contribution in [1.82, 2.24) is 0 Å². The van der Waals surface area contributed by atoms with Crippen molar-refractivity contribution in [2.45, 2.75) is 13.3 Å². The second kappa shape index (κ2) is 1.54. The van der Waals surface area contributed by atoms with E-state index in [0.717, 1.165) is 5.57 Å². The maximum Gasteiger partial charge on any atom is 0.221 e. The van der Waals surface area contributed by atoms with E-state index in [1.54, 1.807) is 6.92 Å². The molecule has 0 amide bonds. The first-order valence-corrected chi connectivity index (χ1v) is 2.44. The van der Waals surface area contributed by atoms with Crippen LogP contribution < -0.4 is 0 Å². The van der Waals surface area contributed by atoms with E-state index in [4.69, 9.17) is 0 Å². The minimum atomic E-state index is -0.345. The number of rotatable bonds is 0. The fourth-order valence-electron chi connectivity index (χ4n) is 0.696. The number of carbonyl (C=O) groups excluding carboxylic acids is 2. The smallest absolute Gasteiger partial charge is 0.221 e. The van der Waals surface area contributed by atoms with E-state index in [9.17, 15) is 9.59 Å². The van der Waals surface area contributed by atoms with E-state index in [1.165, 1.54) is 6.08 Å². The zero-order valence-electron chi connectivity index (χ0n) is 4.60. The van der Waals surface area contributed by atoms with Gasteiger partial charge in [-0.2, -0.15) is 0 Å². The van der Waals surface area contributed by atoms with Gasteiger partial charge in [0.2, 0.25) is 11.6 Å². The van der Waals surface area contributed by atoms with Crippen LogP contribution in [-0.4, -0.2) is 11.6 Å². The predicted octanol–water partition coefficient (Wildman–Crippen LogP) is 0.475. The molecule has 1 aliphatic rings. The highest BCUT2D eigenvalue weighted by Gasteiger charge is 2.17. The zero-order chi connectivity index (χ0) is 6.15. The SMILES string of the molecule is CC1=CC(=O)C(=O)C1. The van der Waals surface area contributed by atoms with Crippen LogP contribution in [0.15, 0.2) is 11.6 Å². The summed E-state index contributed by atoms with van der Waals surface area (Å²) in [6, 6.07) is 0. The van der Waals surface area contributed by atoms with Gasteiger partial charge in [0.1, 0.15) is 0 Å². The van der Waals surface area contributed by atoms with Crippen molar-refractivity contribution in [1.29, 1.82) is 0 Å². The maximum absolute atomic E-state index is 10.4. The Hall–Kier alpha value is -0.920. The molecular formula is C6H6O2. The molecule has 0 fully saturated rings. The number of hydrogen-bond acceptors (Lipinski definition) is 2. The van der Waals surface area contributed by atoms with Crippen LogP contribution in [0.1, 0.15) is 13.3 Å². The van der Waals surface area contributed by atoms with Crippen LogP contribution in [0.2, 0.25) is 0 Å². The monoisotopic (exact) mass is 110 g/mol. The highest BCUT2D eigenvalue weighted by Crippen LogP contribution is 2.09. The molecule has 0 aliphatic heterocycles. The highest BCUT2D eigenvalue weighted by atomic mass is 16.2. The summed E-state index contributed by atoms with van der Waals surface area (Å²) < 4.78 is 0. The van der Waals surface area contributed by atoms with Gasteiger partial charge in [0, 0.05) is 6.42 Å². The average Bonchev–Trinajstić information content (AvgIpc) is 1.85. The molecule has 0 aromatic heterocycles. The van der Waals surface area contributed by atoms with Gasteiger partial charge in [-0.3, -0.25) is 9.59 Å². The van der Waals surface area contributed by atoms with Crippen LogP contribution in [0.4, 0.5) is 0 Å². The first-order valence-electron chi connectivity index (χ1n) is 2.44. The van der Waals surface area contributed by atoms with Crippen molar-refractivity contribution in [2.24, 2.45) is 0 Å². The van der Waals surface area contributed by atoms with Crippen LogP contribution in [0, 0.1) is 0 Å². The number of allylic oxidation sites excluding steroid dienone is 2. The topological polar surface area (TPSA) is 34.1 Å². The van der Waals surface area contributed by atoms with Gasteiger partial charge in [-0.05, 0) is 13.0 Å². The predicted molar refractivity (Wildman–Crippen MR) is 28.4 cm³/mol. The van der Waals surface area contributed by atoms with Gasteiger partial charge in [0.25, 0.3) is 0 Å². The molecule has 0 N–H and O–H groups in total. The lowest BCUT2D eigenvalue weighted by molar-refractivity contribution is -0.132. The number of ketones is 2. The summed E-state index contributed by atoms with van der Waals surface area (Å²) in [6.07, 6.45) is 1.72. The molecule has 2 nitrogen and oxygen atoms in total. The van der Waals surface area contributed by atoms with E-state index in [2.05, 4.69) is 0 Å². The van der Waals surface area contributed by atoms with Crippen LogP contribution in [0.5, 0.6) is 0 Å². The third-order valence-electron chi connectivity index (χ3n) is 1.09. The van der Waals surface area contributed by atoms with Crippen molar-refractivity contribution in [3.05, 3.63) is 11.6 Å². The molecular weight excluding hydrogens is 104 g/mol. The molecule has 1 rings (SSSR count). The molecule has 2 heteroatoms. The first kappa shape index (κ1) is 5.22. The van der Waals surface area contributed by atoms with Gasteiger partial charge < -0.3 is 0 Å². The number of Topliss-reactive ketones (excluding diaryl/α,β-unsaturated/α-hetero) is 1.